The summed E-state index contributed by atoms with van der Waals surface area (Å²) in [5.41, 5.74) is 1.23. The van der Waals surface area contributed by atoms with Crippen LogP contribution >= 0.6 is 0 Å². The van der Waals surface area contributed by atoms with E-state index in [1.165, 1.54) is 18.0 Å². The largest absolute Gasteiger partial charge is 0.357 e. The van der Waals surface area contributed by atoms with E-state index in [1.54, 1.807) is 0 Å². The van der Waals surface area contributed by atoms with Gasteiger partial charge in [-0.1, -0.05) is 30.3 Å². The number of benzene rings is 1. The zero-order chi connectivity index (χ0) is 16.5. The van der Waals surface area contributed by atoms with Gasteiger partial charge in [0.1, 0.15) is 12.4 Å². The number of alkyl halides is 2. The zero-order valence-electron chi connectivity index (χ0n) is 13.0. The molecule has 0 saturated heterocycles. The predicted molar refractivity (Wildman–Crippen MR) is 86.4 cm³/mol. The summed E-state index contributed by atoms with van der Waals surface area (Å²) in [6.07, 6.45) is 3.47. The Hall–Kier alpha value is -2.44. The van der Waals surface area contributed by atoms with E-state index in [1.807, 2.05) is 25.1 Å². The number of hydrogen-bond donors (Lipinski definition) is 2. The van der Waals surface area contributed by atoms with Crippen LogP contribution in [0.2, 0.25) is 0 Å². The maximum atomic E-state index is 12.8. The summed E-state index contributed by atoms with van der Waals surface area (Å²) in [6, 6.07) is 10.1. The normalized spacial score (nSPS) is 11.7. The molecule has 0 amide bonds. The first-order valence-corrected chi connectivity index (χ1v) is 7.56. The minimum atomic E-state index is -2.60. The van der Waals surface area contributed by atoms with Crippen molar-refractivity contribution in [3.63, 3.8) is 0 Å². The van der Waals surface area contributed by atoms with Crippen LogP contribution in [-0.2, 0) is 13.0 Å². The second-order valence-electron chi connectivity index (χ2n) is 4.89. The Kier molecular flexibility index (Phi) is 6.53. The van der Waals surface area contributed by atoms with Gasteiger partial charge in [0, 0.05) is 25.5 Å². The highest BCUT2D eigenvalue weighted by Gasteiger charge is 2.10. The third kappa shape index (κ3) is 5.36. The van der Waals surface area contributed by atoms with E-state index in [2.05, 4.69) is 32.7 Å². The fourth-order valence-corrected chi connectivity index (χ4v) is 2.11. The summed E-state index contributed by atoms with van der Waals surface area (Å²) < 4.78 is 26.4. The van der Waals surface area contributed by atoms with Crippen molar-refractivity contribution in [1.29, 1.82) is 0 Å². The van der Waals surface area contributed by atoms with Crippen molar-refractivity contribution in [2.75, 3.05) is 13.1 Å². The minimum Gasteiger partial charge on any atom is -0.357 e. The summed E-state index contributed by atoms with van der Waals surface area (Å²) in [4.78, 5) is 8.23. The number of rotatable bonds is 7. The molecule has 0 spiro atoms. The number of guanidine groups is 1. The predicted octanol–water partition coefficient (Wildman–Crippen LogP) is 2.58. The highest BCUT2D eigenvalue weighted by molar-refractivity contribution is 5.79. The smallest absolute Gasteiger partial charge is 0.319 e. The lowest BCUT2D eigenvalue weighted by Gasteiger charge is -2.11. The summed E-state index contributed by atoms with van der Waals surface area (Å²) >= 11 is 0. The number of aliphatic imine (C=N–C) groups is 1. The van der Waals surface area contributed by atoms with Crippen LogP contribution in [0, 0.1) is 0 Å². The molecule has 1 aromatic carbocycles. The zero-order valence-corrected chi connectivity index (χ0v) is 13.0. The number of imidazole rings is 1. The third-order valence-corrected chi connectivity index (χ3v) is 3.23. The lowest BCUT2D eigenvalue weighted by molar-refractivity contribution is 0.0671. The highest BCUT2D eigenvalue weighted by atomic mass is 19.3. The maximum absolute atomic E-state index is 12.8. The molecular formula is C16H21F2N5. The Bertz CT molecular complexity index is 610. The third-order valence-electron chi connectivity index (χ3n) is 3.23. The number of hydrogen-bond acceptors (Lipinski definition) is 2. The number of nitrogens with one attached hydrogen (secondary N) is 2. The summed E-state index contributed by atoms with van der Waals surface area (Å²) in [7, 11) is 0. The van der Waals surface area contributed by atoms with Gasteiger partial charge in [-0.3, -0.25) is 4.57 Å². The van der Waals surface area contributed by atoms with Gasteiger partial charge in [0.15, 0.2) is 5.96 Å². The van der Waals surface area contributed by atoms with Crippen LogP contribution in [0.15, 0.2) is 47.7 Å². The van der Waals surface area contributed by atoms with Crippen LogP contribution in [0.5, 0.6) is 0 Å². The van der Waals surface area contributed by atoms with Crippen LogP contribution in [-0.4, -0.2) is 28.6 Å². The average Bonchev–Trinajstić information content (AvgIpc) is 3.02. The monoisotopic (exact) mass is 321 g/mol. The first kappa shape index (κ1) is 16.9. The molecule has 0 atom stereocenters. The van der Waals surface area contributed by atoms with Gasteiger partial charge in [-0.25, -0.2) is 9.98 Å². The number of nitrogens with zero attached hydrogens (tertiary/aromatic N) is 3. The molecule has 0 aliphatic rings. The molecule has 2 rings (SSSR count). The fourth-order valence-electron chi connectivity index (χ4n) is 2.11. The van der Waals surface area contributed by atoms with Crippen molar-refractivity contribution < 1.29 is 8.78 Å². The van der Waals surface area contributed by atoms with E-state index in [-0.39, 0.29) is 12.4 Å². The molecule has 0 radical (unpaired) electrons. The maximum Gasteiger partial charge on any atom is 0.319 e. The van der Waals surface area contributed by atoms with Crippen LogP contribution in [0.3, 0.4) is 0 Å². The lowest BCUT2D eigenvalue weighted by atomic mass is 10.1. The van der Waals surface area contributed by atoms with Crippen molar-refractivity contribution in [2.24, 2.45) is 4.99 Å². The Morgan fingerprint density at radius 1 is 1.26 bits per heavy atom. The molecule has 0 aliphatic heterocycles. The second kappa shape index (κ2) is 8.87. The molecule has 7 heteroatoms. The molecule has 23 heavy (non-hydrogen) atoms. The second-order valence-corrected chi connectivity index (χ2v) is 4.89. The average molecular weight is 321 g/mol. The summed E-state index contributed by atoms with van der Waals surface area (Å²) in [5, 5.41) is 6.29. The molecular weight excluding hydrogens is 300 g/mol. The van der Waals surface area contributed by atoms with Crippen molar-refractivity contribution in [1.82, 2.24) is 20.2 Å². The van der Waals surface area contributed by atoms with Crippen molar-refractivity contribution in [2.45, 2.75) is 26.4 Å². The lowest BCUT2D eigenvalue weighted by Crippen LogP contribution is -2.38. The molecule has 1 aromatic heterocycles. The van der Waals surface area contributed by atoms with Gasteiger partial charge in [-0.05, 0) is 18.9 Å². The molecule has 2 aromatic rings. The van der Waals surface area contributed by atoms with E-state index in [0.717, 1.165) is 11.0 Å². The first-order valence-electron chi connectivity index (χ1n) is 7.56. The Morgan fingerprint density at radius 3 is 2.74 bits per heavy atom. The van der Waals surface area contributed by atoms with Gasteiger partial charge in [0.05, 0.1) is 0 Å². The quantitative estimate of drug-likeness (QED) is 0.609. The molecule has 0 fully saturated rings. The molecule has 0 aliphatic carbocycles. The SMILES string of the molecule is CCNC(=NCc1nccn1C(F)F)NCCc1ccccc1. The number of halogens is 2. The van der Waals surface area contributed by atoms with E-state index >= 15 is 0 Å². The van der Waals surface area contributed by atoms with Gasteiger partial charge in [0.2, 0.25) is 0 Å². The van der Waals surface area contributed by atoms with Gasteiger partial charge in [0.25, 0.3) is 0 Å². The van der Waals surface area contributed by atoms with Crippen LogP contribution in [0.25, 0.3) is 0 Å². The molecule has 5 nitrogen and oxygen atoms in total. The molecule has 0 unspecified atom stereocenters. The minimum absolute atomic E-state index is 0.0952. The standard InChI is InChI=1S/C16H21F2N5/c1-2-19-16(21-9-8-13-6-4-3-5-7-13)22-12-14-20-10-11-23(14)15(17)18/h3-7,10-11,15H,2,8-9,12H2,1H3,(H2,19,21,22). The fraction of sp³-hybridized carbons (Fsp3) is 0.375. The number of aromatic nitrogens is 2. The van der Waals surface area contributed by atoms with Crippen LogP contribution in [0.4, 0.5) is 8.78 Å². The van der Waals surface area contributed by atoms with Gasteiger partial charge in [-0.15, -0.1) is 0 Å². The van der Waals surface area contributed by atoms with Crippen molar-refractivity contribution >= 4 is 5.96 Å². The highest BCUT2D eigenvalue weighted by Crippen LogP contribution is 2.12. The summed E-state index contributed by atoms with van der Waals surface area (Å²) in [5.74, 6) is 0.826. The van der Waals surface area contributed by atoms with E-state index in [4.69, 9.17) is 0 Å². The molecule has 2 N–H and O–H groups in total. The molecule has 124 valence electrons. The summed E-state index contributed by atoms with van der Waals surface area (Å²) in [6.45, 7) is 0.850. The first-order chi connectivity index (χ1) is 11.2. The van der Waals surface area contributed by atoms with Crippen LogP contribution in [0.1, 0.15) is 24.9 Å². The Morgan fingerprint density at radius 2 is 2.04 bits per heavy atom. The van der Waals surface area contributed by atoms with Gasteiger partial charge < -0.3 is 10.6 Å². The topological polar surface area (TPSA) is 54.2 Å². The van der Waals surface area contributed by atoms with Crippen LogP contribution < -0.4 is 10.6 Å². The van der Waals surface area contributed by atoms with Gasteiger partial charge >= 0.3 is 6.55 Å². The van der Waals surface area contributed by atoms with E-state index < -0.39 is 6.55 Å². The molecule has 0 bridgehead atoms. The van der Waals surface area contributed by atoms with E-state index in [9.17, 15) is 8.78 Å². The van der Waals surface area contributed by atoms with Crippen molar-refractivity contribution in [3.8, 4) is 0 Å². The Balaban J connectivity index is 1.90. The molecule has 1 heterocycles. The van der Waals surface area contributed by atoms with E-state index in [0.29, 0.717) is 19.0 Å². The molecule has 0 saturated carbocycles. The van der Waals surface area contributed by atoms with Gasteiger partial charge in [-0.2, -0.15) is 8.78 Å². The Labute approximate surface area is 134 Å². The van der Waals surface area contributed by atoms with Crippen molar-refractivity contribution in [3.05, 3.63) is 54.1 Å².